The standard InChI is InChI=1S/C13H21F3N2O3/c1-18(9-8-13(14,15)16)11(21)17-12(10(19)20)6-4-2-3-5-7-12/h2-9H2,1H3,(H,17,21)(H,19,20). The van der Waals surface area contributed by atoms with Gasteiger partial charge in [0.15, 0.2) is 0 Å². The van der Waals surface area contributed by atoms with Gasteiger partial charge < -0.3 is 15.3 Å². The van der Waals surface area contributed by atoms with Gasteiger partial charge in [-0.05, 0) is 12.8 Å². The molecule has 1 saturated carbocycles. The number of urea groups is 1. The smallest absolute Gasteiger partial charge is 0.390 e. The van der Waals surface area contributed by atoms with E-state index in [0.717, 1.165) is 17.7 Å². The maximum Gasteiger partial charge on any atom is 0.390 e. The van der Waals surface area contributed by atoms with Crippen LogP contribution in [0.15, 0.2) is 0 Å². The van der Waals surface area contributed by atoms with Crippen LogP contribution in [0.5, 0.6) is 0 Å². The van der Waals surface area contributed by atoms with Crippen LogP contribution >= 0.6 is 0 Å². The summed E-state index contributed by atoms with van der Waals surface area (Å²) in [5, 5.41) is 11.8. The lowest BCUT2D eigenvalue weighted by Gasteiger charge is -2.31. The molecular formula is C13H21F3N2O3. The average Bonchev–Trinajstić information content (AvgIpc) is 2.61. The Balaban J connectivity index is 2.66. The quantitative estimate of drug-likeness (QED) is 0.784. The summed E-state index contributed by atoms with van der Waals surface area (Å²) in [6.45, 7) is -0.495. The second-order valence-corrected chi connectivity index (χ2v) is 5.52. The molecule has 0 aromatic carbocycles. The summed E-state index contributed by atoms with van der Waals surface area (Å²) in [7, 11) is 1.23. The molecule has 1 aliphatic carbocycles. The van der Waals surface area contributed by atoms with Crippen LogP contribution in [-0.4, -0.2) is 47.3 Å². The summed E-state index contributed by atoms with van der Waals surface area (Å²) >= 11 is 0. The summed E-state index contributed by atoms with van der Waals surface area (Å²) in [5.74, 6) is -1.12. The van der Waals surface area contributed by atoms with Crippen LogP contribution in [-0.2, 0) is 4.79 Å². The fourth-order valence-corrected chi connectivity index (χ4v) is 2.42. The number of hydrogen-bond acceptors (Lipinski definition) is 2. The molecule has 1 aliphatic rings. The maximum atomic E-state index is 12.1. The summed E-state index contributed by atoms with van der Waals surface area (Å²) in [6, 6.07) is -0.774. The van der Waals surface area contributed by atoms with Gasteiger partial charge in [0.05, 0.1) is 6.42 Å². The van der Waals surface area contributed by atoms with E-state index in [1.165, 1.54) is 7.05 Å². The molecule has 0 atom stereocenters. The number of hydrogen-bond donors (Lipinski definition) is 2. The van der Waals surface area contributed by atoms with E-state index >= 15 is 0 Å². The monoisotopic (exact) mass is 310 g/mol. The Hall–Kier alpha value is -1.47. The number of rotatable bonds is 4. The van der Waals surface area contributed by atoms with E-state index in [0.29, 0.717) is 25.7 Å². The predicted octanol–water partition coefficient (Wildman–Crippen LogP) is 2.76. The first-order chi connectivity index (χ1) is 9.66. The van der Waals surface area contributed by atoms with Gasteiger partial charge in [0.2, 0.25) is 0 Å². The van der Waals surface area contributed by atoms with Crippen LogP contribution in [0.2, 0.25) is 0 Å². The molecule has 122 valence electrons. The largest absolute Gasteiger partial charge is 0.480 e. The third-order valence-corrected chi connectivity index (χ3v) is 3.79. The van der Waals surface area contributed by atoms with Crippen molar-refractivity contribution in [1.29, 1.82) is 0 Å². The van der Waals surface area contributed by atoms with E-state index in [1.54, 1.807) is 0 Å². The first-order valence-electron chi connectivity index (χ1n) is 7.00. The number of amides is 2. The van der Waals surface area contributed by atoms with E-state index < -0.39 is 36.7 Å². The number of alkyl halides is 3. The van der Waals surface area contributed by atoms with E-state index in [2.05, 4.69) is 5.32 Å². The minimum Gasteiger partial charge on any atom is -0.480 e. The predicted molar refractivity (Wildman–Crippen MR) is 69.9 cm³/mol. The van der Waals surface area contributed by atoms with Crippen LogP contribution in [0.1, 0.15) is 44.9 Å². The third-order valence-electron chi connectivity index (χ3n) is 3.79. The molecule has 21 heavy (non-hydrogen) atoms. The minimum atomic E-state index is -4.35. The van der Waals surface area contributed by atoms with Gasteiger partial charge in [-0.25, -0.2) is 9.59 Å². The molecule has 0 aromatic rings. The molecule has 0 heterocycles. The molecule has 1 rings (SSSR count). The summed E-state index contributed by atoms with van der Waals surface area (Å²) < 4.78 is 36.4. The highest BCUT2D eigenvalue weighted by Crippen LogP contribution is 2.28. The number of aliphatic carboxylic acids is 1. The second-order valence-electron chi connectivity index (χ2n) is 5.52. The Labute approximate surface area is 121 Å². The zero-order chi connectivity index (χ0) is 16.1. The highest BCUT2D eigenvalue weighted by Gasteiger charge is 2.41. The van der Waals surface area contributed by atoms with E-state index in [-0.39, 0.29) is 0 Å². The van der Waals surface area contributed by atoms with E-state index in [9.17, 15) is 27.9 Å². The van der Waals surface area contributed by atoms with Crippen LogP contribution in [0.4, 0.5) is 18.0 Å². The minimum absolute atomic E-state index is 0.307. The van der Waals surface area contributed by atoms with Gasteiger partial charge in [-0.15, -0.1) is 0 Å². The number of nitrogens with one attached hydrogen (secondary N) is 1. The van der Waals surface area contributed by atoms with Crippen LogP contribution < -0.4 is 5.32 Å². The molecular weight excluding hydrogens is 289 g/mol. The van der Waals surface area contributed by atoms with Gasteiger partial charge in [0.1, 0.15) is 5.54 Å². The van der Waals surface area contributed by atoms with Gasteiger partial charge in [0.25, 0.3) is 0 Å². The molecule has 0 unspecified atom stereocenters. The highest BCUT2D eigenvalue weighted by atomic mass is 19.4. The molecule has 0 saturated heterocycles. The third kappa shape index (κ3) is 5.43. The molecule has 2 N–H and O–H groups in total. The van der Waals surface area contributed by atoms with E-state index in [1.807, 2.05) is 0 Å². The van der Waals surface area contributed by atoms with Gasteiger partial charge in [-0.1, -0.05) is 25.7 Å². The van der Waals surface area contributed by atoms with Crippen molar-refractivity contribution in [3.05, 3.63) is 0 Å². The van der Waals surface area contributed by atoms with Crippen molar-refractivity contribution in [1.82, 2.24) is 10.2 Å². The second kappa shape index (κ2) is 7.00. The summed E-state index contributed by atoms with van der Waals surface area (Å²) in [6.07, 6.45) is -1.69. The summed E-state index contributed by atoms with van der Waals surface area (Å²) in [4.78, 5) is 24.3. The number of carboxylic acid groups (broad SMARTS) is 1. The Morgan fingerprint density at radius 3 is 2.14 bits per heavy atom. The fourth-order valence-electron chi connectivity index (χ4n) is 2.42. The van der Waals surface area contributed by atoms with Crippen LogP contribution in [0, 0.1) is 0 Å². The van der Waals surface area contributed by atoms with Crippen molar-refractivity contribution in [2.75, 3.05) is 13.6 Å². The molecule has 2 amide bonds. The Morgan fingerprint density at radius 2 is 1.71 bits per heavy atom. The zero-order valence-corrected chi connectivity index (χ0v) is 12.0. The molecule has 1 fully saturated rings. The SMILES string of the molecule is CN(CCC(F)(F)F)C(=O)NC1(C(=O)O)CCCCCC1. The van der Waals surface area contributed by atoms with Crippen molar-refractivity contribution >= 4 is 12.0 Å². The average molecular weight is 310 g/mol. The number of halogens is 3. The topological polar surface area (TPSA) is 69.6 Å². The van der Waals surface area contributed by atoms with Gasteiger partial charge >= 0.3 is 18.2 Å². The number of nitrogens with zero attached hydrogens (tertiary/aromatic N) is 1. The van der Waals surface area contributed by atoms with Crippen molar-refractivity contribution in [2.24, 2.45) is 0 Å². The Kier molecular flexibility index (Phi) is 5.86. The first-order valence-corrected chi connectivity index (χ1v) is 7.00. The highest BCUT2D eigenvalue weighted by molar-refractivity contribution is 5.86. The van der Waals surface area contributed by atoms with Crippen molar-refractivity contribution in [3.8, 4) is 0 Å². The zero-order valence-electron chi connectivity index (χ0n) is 12.0. The molecule has 5 nitrogen and oxygen atoms in total. The van der Waals surface area contributed by atoms with Gasteiger partial charge in [0, 0.05) is 13.6 Å². The Morgan fingerprint density at radius 1 is 1.19 bits per heavy atom. The van der Waals surface area contributed by atoms with E-state index in [4.69, 9.17) is 0 Å². The lowest BCUT2D eigenvalue weighted by Crippen LogP contribution is -2.57. The first kappa shape index (κ1) is 17.6. The molecule has 0 aliphatic heterocycles. The van der Waals surface area contributed by atoms with Crippen molar-refractivity contribution in [2.45, 2.75) is 56.7 Å². The van der Waals surface area contributed by atoms with Crippen molar-refractivity contribution in [3.63, 3.8) is 0 Å². The number of carbonyl (C=O) groups excluding carboxylic acids is 1. The Bertz CT molecular complexity index is 377. The van der Waals surface area contributed by atoms with Gasteiger partial charge in [-0.2, -0.15) is 13.2 Å². The van der Waals surface area contributed by atoms with Crippen LogP contribution in [0.3, 0.4) is 0 Å². The lowest BCUT2D eigenvalue weighted by atomic mass is 9.90. The lowest BCUT2D eigenvalue weighted by molar-refractivity contribution is -0.145. The fraction of sp³-hybridized carbons (Fsp3) is 0.846. The van der Waals surface area contributed by atoms with Crippen LogP contribution in [0.25, 0.3) is 0 Å². The molecule has 0 aromatic heterocycles. The number of carbonyl (C=O) groups is 2. The van der Waals surface area contributed by atoms with Gasteiger partial charge in [-0.3, -0.25) is 0 Å². The van der Waals surface area contributed by atoms with Crippen molar-refractivity contribution < 1.29 is 27.9 Å². The molecule has 0 radical (unpaired) electrons. The molecule has 8 heteroatoms. The number of carboxylic acids is 1. The normalized spacial score (nSPS) is 18.7. The molecule has 0 bridgehead atoms. The molecule has 0 spiro atoms. The maximum absolute atomic E-state index is 12.1. The summed E-state index contributed by atoms with van der Waals surface area (Å²) in [5.41, 5.74) is -1.36.